The molecule has 2 aromatic rings. The number of carbonyl (C=O) groups excluding carboxylic acids is 1. The number of hydrogen-bond donors (Lipinski definition) is 1. The summed E-state index contributed by atoms with van der Waals surface area (Å²) in [4.78, 5) is 11.0. The third-order valence-electron chi connectivity index (χ3n) is 2.70. The van der Waals surface area contributed by atoms with E-state index in [1.165, 1.54) is 13.2 Å². The number of carbonyl (C=O) groups is 1. The zero-order valence-corrected chi connectivity index (χ0v) is 10.5. The first-order chi connectivity index (χ1) is 9.26. The minimum atomic E-state index is -0.126. The van der Waals surface area contributed by atoms with Crippen LogP contribution in [-0.4, -0.2) is 18.5 Å². The normalized spacial score (nSPS) is 9.95. The Labute approximate surface area is 111 Å². The molecule has 0 spiro atoms. The number of hydrogen-bond acceptors (Lipinski definition) is 4. The number of aromatic hydroxyl groups is 1. The van der Waals surface area contributed by atoms with Gasteiger partial charge in [-0.05, 0) is 17.7 Å². The molecule has 2 aromatic carbocycles. The molecule has 1 N–H and O–H groups in total. The predicted octanol–water partition coefficient (Wildman–Crippen LogP) is 2.79. The Morgan fingerprint density at radius 3 is 2.53 bits per heavy atom. The largest absolute Gasteiger partial charge is 0.507 e. The molecule has 0 radical (unpaired) electrons. The lowest BCUT2D eigenvalue weighted by Gasteiger charge is -2.13. The van der Waals surface area contributed by atoms with Crippen LogP contribution in [0.25, 0.3) is 0 Å². The summed E-state index contributed by atoms with van der Waals surface area (Å²) in [6.45, 7) is 0.293. The van der Waals surface area contributed by atoms with Crippen molar-refractivity contribution in [1.29, 1.82) is 0 Å². The van der Waals surface area contributed by atoms with Gasteiger partial charge >= 0.3 is 0 Å². The van der Waals surface area contributed by atoms with Gasteiger partial charge in [0.05, 0.1) is 7.11 Å². The van der Waals surface area contributed by atoms with E-state index in [4.69, 9.17) is 9.47 Å². The lowest BCUT2D eigenvalue weighted by molar-refractivity contribution is 0.111. The van der Waals surface area contributed by atoms with Crippen molar-refractivity contribution in [3.8, 4) is 17.2 Å². The molecule has 0 unspecified atom stereocenters. The van der Waals surface area contributed by atoms with Gasteiger partial charge in [-0.3, -0.25) is 4.79 Å². The van der Waals surface area contributed by atoms with Crippen molar-refractivity contribution in [2.24, 2.45) is 0 Å². The van der Waals surface area contributed by atoms with E-state index < -0.39 is 0 Å². The average molecular weight is 258 g/mol. The molecule has 0 heterocycles. The number of phenols is 1. The minimum Gasteiger partial charge on any atom is -0.507 e. The molecule has 98 valence electrons. The van der Waals surface area contributed by atoms with Crippen LogP contribution < -0.4 is 9.47 Å². The van der Waals surface area contributed by atoms with E-state index in [0.717, 1.165) is 5.56 Å². The first-order valence-corrected chi connectivity index (χ1v) is 5.78. The monoisotopic (exact) mass is 258 g/mol. The predicted molar refractivity (Wildman–Crippen MR) is 70.8 cm³/mol. The van der Waals surface area contributed by atoms with Crippen molar-refractivity contribution in [3.05, 3.63) is 53.6 Å². The molecule has 4 heteroatoms. The van der Waals surface area contributed by atoms with Crippen LogP contribution in [0.3, 0.4) is 0 Å². The van der Waals surface area contributed by atoms with Crippen molar-refractivity contribution >= 4 is 6.29 Å². The molecule has 2 rings (SSSR count). The SMILES string of the molecule is COc1ccc(O)c(C=O)c1OCc1ccccc1. The Bertz CT molecular complexity index is 564. The average Bonchev–Trinajstić information content (AvgIpc) is 2.46. The second-order valence-corrected chi connectivity index (χ2v) is 3.92. The van der Waals surface area contributed by atoms with Gasteiger partial charge in [0.1, 0.15) is 17.9 Å². The van der Waals surface area contributed by atoms with Gasteiger partial charge in [-0.1, -0.05) is 30.3 Å². The first kappa shape index (κ1) is 13.0. The molecule has 0 aliphatic rings. The lowest BCUT2D eigenvalue weighted by atomic mass is 10.1. The van der Waals surface area contributed by atoms with Gasteiger partial charge in [0.15, 0.2) is 17.8 Å². The summed E-state index contributed by atoms with van der Waals surface area (Å²) in [5.74, 6) is 0.538. The molecule has 0 aliphatic heterocycles. The first-order valence-electron chi connectivity index (χ1n) is 5.78. The molecule has 0 saturated carbocycles. The Morgan fingerprint density at radius 2 is 1.89 bits per heavy atom. The van der Waals surface area contributed by atoms with Crippen molar-refractivity contribution in [3.63, 3.8) is 0 Å². The molecule has 0 atom stereocenters. The van der Waals surface area contributed by atoms with Gasteiger partial charge in [-0.2, -0.15) is 0 Å². The summed E-state index contributed by atoms with van der Waals surface area (Å²) in [7, 11) is 1.48. The van der Waals surface area contributed by atoms with Crippen molar-refractivity contribution < 1.29 is 19.4 Å². The van der Waals surface area contributed by atoms with Gasteiger partial charge in [0, 0.05) is 0 Å². The maximum atomic E-state index is 11.0. The zero-order chi connectivity index (χ0) is 13.7. The standard InChI is InChI=1S/C15H14O4/c1-18-14-8-7-13(17)12(9-16)15(14)19-10-11-5-3-2-4-6-11/h2-9,17H,10H2,1H3. The Kier molecular flexibility index (Phi) is 4.03. The summed E-state index contributed by atoms with van der Waals surface area (Å²) in [6, 6.07) is 12.5. The van der Waals surface area contributed by atoms with Gasteiger partial charge in [0.25, 0.3) is 0 Å². The fourth-order valence-corrected chi connectivity index (χ4v) is 1.72. The molecule has 0 aliphatic carbocycles. The van der Waals surface area contributed by atoms with Crippen molar-refractivity contribution in [1.82, 2.24) is 0 Å². The molecular formula is C15H14O4. The van der Waals surface area contributed by atoms with Crippen LogP contribution in [0, 0.1) is 0 Å². The third kappa shape index (κ3) is 2.85. The molecule has 19 heavy (non-hydrogen) atoms. The van der Waals surface area contributed by atoms with E-state index in [1.54, 1.807) is 6.07 Å². The highest BCUT2D eigenvalue weighted by molar-refractivity contribution is 5.85. The molecule has 0 amide bonds. The summed E-state index contributed by atoms with van der Waals surface area (Å²) in [5.41, 5.74) is 1.06. The van der Waals surface area contributed by atoms with Crippen LogP contribution in [0.1, 0.15) is 15.9 Å². The number of rotatable bonds is 5. The van der Waals surface area contributed by atoms with E-state index in [1.807, 2.05) is 30.3 Å². The number of aldehydes is 1. The maximum Gasteiger partial charge on any atom is 0.175 e. The van der Waals surface area contributed by atoms with Crippen LogP contribution in [0.5, 0.6) is 17.2 Å². The quantitative estimate of drug-likeness (QED) is 0.838. The third-order valence-corrected chi connectivity index (χ3v) is 2.70. The molecule has 0 bridgehead atoms. The fourth-order valence-electron chi connectivity index (χ4n) is 1.72. The summed E-state index contributed by atoms with van der Waals surface area (Å²) >= 11 is 0. The lowest BCUT2D eigenvalue weighted by Crippen LogP contribution is -2.01. The Hall–Kier alpha value is -2.49. The minimum absolute atomic E-state index is 0.0929. The van der Waals surface area contributed by atoms with Crippen molar-refractivity contribution in [2.75, 3.05) is 7.11 Å². The summed E-state index contributed by atoms with van der Waals surface area (Å²) in [6.07, 6.45) is 0.554. The number of benzene rings is 2. The summed E-state index contributed by atoms with van der Waals surface area (Å²) < 4.78 is 10.7. The summed E-state index contributed by atoms with van der Waals surface area (Å²) in [5, 5.41) is 9.64. The molecule has 4 nitrogen and oxygen atoms in total. The van der Waals surface area contributed by atoms with Gasteiger partial charge in [-0.15, -0.1) is 0 Å². The maximum absolute atomic E-state index is 11.0. The van der Waals surface area contributed by atoms with E-state index >= 15 is 0 Å². The second-order valence-electron chi connectivity index (χ2n) is 3.92. The topological polar surface area (TPSA) is 55.8 Å². The Balaban J connectivity index is 2.28. The molecule has 0 fully saturated rings. The Morgan fingerprint density at radius 1 is 1.16 bits per heavy atom. The van der Waals surface area contributed by atoms with E-state index in [2.05, 4.69) is 0 Å². The van der Waals surface area contributed by atoms with Crippen molar-refractivity contribution in [2.45, 2.75) is 6.61 Å². The van der Waals surface area contributed by atoms with Crippen LogP contribution in [0.2, 0.25) is 0 Å². The second kappa shape index (κ2) is 5.91. The van der Waals surface area contributed by atoms with E-state index in [-0.39, 0.29) is 17.1 Å². The number of methoxy groups -OCH3 is 1. The smallest absolute Gasteiger partial charge is 0.175 e. The number of phenolic OH excluding ortho intramolecular Hbond substituents is 1. The molecule has 0 saturated heterocycles. The van der Waals surface area contributed by atoms with E-state index in [9.17, 15) is 9.90 Å². The molecule has 0 aromatic heterocycles. The van der Waals surface area contributed by atoms with Gasteiger partial charge < -0.3 is 14.6 Å². The van der Waals surface area contributed by atoms with E-state index in [0.29, 0.717) is 18.6 Å². The highest BCUT2D eigenvalue weighted by Crippen LogP contribution is 2.36. The van der Waals surface area contributed by atoms with Crippen LogP contribution in [-0.2, 0) is 6.61 Å². The van der Waals surface area contributed by atoms with Crippen LogP contribution in [0.15, 0.2) is 42.5 Å². The molecular weight excluding hydrogens is 244 g/mol. The highest BCUT2D eigenvalue weighted by atomic mass is 16.5. The van der Waals surface area contributed by atoms with Crippen LogP contribution >= 0.6 is 0 Å². The fraction of sp³-hybridized carbons (Fsp3) is 0.133. The number of ether oxygens (including phenoxy) is 2. The van der Waals surface area contributed by atoms with Gasteiger partial charge in [-0.25, -0.2) is 0 Å². The van der Waals surface area contributed by atoms with Crippen LogP contribution in [0.4, 0.5) is 0 Å². The van der Waals surface area contributed by atoms with Gasteiger partial charge in [0.2, 0.25) is 0 Å². The highest BCUT2D eigenvalue weighted by Gasteiger charge is 2.14. The zero-order valence-electron chi connectivity index (χ0n) is 10.5.